The molecule has 8 heteroatoms. The Kier molecular flexibility index (Phi) is 7.70. The molecule has 0 spiro atoms. The molecule has 2 heterocycles. The molecule has 0 radical (unpaired) electrons. The highest BCUT2D eigenvalue weighted by atomic mass is 16.5. The van der Waals surface area contributed by atoms with E-state index in [4.69, 9.17) is 14.2 Å². The third-order valence-corrected chi connectivity index (χ3v) is 6.32. The highest BCUT2D eigenvalue weighted by Crippen LogP contribution is 2.30. The van der Waals surface area contributed by atoms with Crippen LogP contribution in [0.2, 0.25) is 0 Å². The van der Waals surface area contributed by atoms with Crippen molar-refractivity contribution in [2.75, 3.05) is 33.4 Å². The van der Waals surface area contributed by atoms with Gasteiger partial charge in [-0.05, 0) is 56.0 Å². The van der Waals surface area contributed by atoms with Gasteiger partial charge in [0.2, 0.25) is 0 Å². The van der Waals surface area contributed by atoms with E-state index in [0.29, 0.717) is 32.6 Å². The van der Waals surface area contributed by atoms with E-state index in [1.807, 2.05) is 35.8 Å². The molecular weight excluding hydrogens is 432 g/mol. The summed E-state index contributed by atoms with van der Waals surface area (Å²) in [5.41, 5.74) is 2.66. The molecule has 0 amide bonds. The van der Waals surface area contributed by atoms with Gasteiger partial charge in [0, 0.05) is 19.6 Å². The van der Waals surface area contributed by atoms with Crippen molar-refractivity contribution in [2.24, 2.45) is 0 Å². The summed E-state index contributed by atoms with van der Waals surface area (Å²) in [6.45, 7) is 8.02. The second-order valence-electron chi connectivity index (χ2n) is 9.09. The zero-order chi connectivity index (χ0) is 24.0. The number of hydrogen-bond acceptors (Lipinski definition) is 7. The second kappa shape index (κ2) is 10.9. The number of hydrogen-bond donors (Lipinski definition) is 1. The Bertz CT molecular complexity index is 1060. The molecule has 8 nitrogen and oxygen atoms in total. The maximum absolute atomic E-state index is 11.0. The highest BCUT2D eigenvalue weighted by Gasteiger charge is 2.33. The third kappa shape index (κ3) is 6.27. The fourth-order valence-electron chi connectivity index (χ4n) is 4.23. The molecule has 0 bridgehead atoms. The largest absolute Gasteiger partial charge is 0.493 e. The van der Waals surface area contributed by atoms with E-state index in [0.717, 1.165) is 48.0 Å². The lowest BCUT2D eigenvalue weighted by molar-refractivity contribution is -0.0538. The van der Waals surface area contributed by atoms with Crippen LogP contribution in [-0.4, -0.2) is 63.8 Å². The van der Waals surface area contributed by atoms with E-state index in [-0.39, 0.29) is 0 Å². The molecular formula is C26H34N4O4. The Hall–Kier alpha value is -3.10. The summed E-state index contributed by atoms with van der Waals surface area (Å²) in [4.78, 5) is 2.35. The molecule has 1 aliphatic rings. The van der Waals surface area contributed by atoms with Gasteiger partial charge in [-0.25, -0.2) is 0 Å². The van der Waals surface area contributed by atoms with Crippen LogP contribution in [0.5, 0.6) is 17.2 Å². The molecule has 0 aliphatic carbocycles. The molecule has 182 valence electrons. The lowest BCUT2D eigenvalue weighted by atomic mass is 9.92. The number of aryl methyl sites for hydroxylation is 2. The van der Waals surface area contributed by atoms with Crippen LogP contribution in [0.25, 0.3) is 0 Å². The molecule has 0 atom stereocenters. The van der Waals surface area contributed by atoms with Crippen molar-refractivity contribution in [2.45, 2.75) is 45.4 Å². The first-order valence-corrected chi connectivity index (χ1v) is 11.7. The van der Waals surface area contributed by atoms with Gasteiger partial charge in [0.1, 0.15) is 37.2 Å². The van der Waals surface area contributed by atoms with Crippen molar-refractivity contribution >= 4 is 0 Å². The van der Waals surface area contributed by atoms with Gasteiger partial charge in [0.05, 0.1) is 13.7 Å². The summed E-state index contributed by atoms with van der Waals surface area (Å²) in [7, 11) is 1.66. The SMILES string of the molecule is COc1cc(CN2CCC(O)(COc3ccc(C)cc3C)CC2)ccc1OCCn1cnnc1. The predicted molar refractivity (Wildman–Crippen MR) is 129 cm³/mol. The number of aromatic nitrogens is 3. The van der Waals surface area contributed by atoms with Gasteiger partial charge in [-0.1, -0.05) is 23.8 Å². The standard InChI is InChI=1S/C26H34N4O4/c1-20-4-6-23(21(2)14-20)34-17-26(31)8-10-29(11-9-26)16-22-5-7-24(25(15-22)32-3)33-13-12-30-18-27-28-19-30/h4-7,14-15,18-19,31H,8-13,16-17H2,1-3H3. The maximum atomic E-state index is 11.0. The minimum atomic E-state index is -0.798. The summed E-state index contributed by atoms with van der Waals surface area (Å²) >= 11 is 0. The van der Waals surface area contributed by atoms with Crippen molar-refractivity contribution in [3.63, 3.8) is 0 Å². The summed E-state index contributed by atoms with van der Waals surface area (Å²) in [6, 6.07) is 12.2. The lowest BCUT2D eigenvalue weighted by Gasteiger charge is -2.38. The molecule has 1 aromatic heterocycles. The Balaban J connectivity index is 1.26. The smallest absolute Gasteiger partial charge is 0.161 e. The van der Waals surface area contributed by atoms with Crippen molar-refractivity contribution < 1.29 is 19.3 Å². The number of methoxy groups -OCH3 is 1. The van der Waals surface area contributed by atoms with Crippen LogP contribution < -0.4 is 14.2 Å². The molecule has 0 unspecified atom stereocenters. The molecule has 1 fully saturated rings. The average molecular weight is 467 g/mol. The number of likely N-dealkylation sites (tertiary alicyclic amines) is 1. The van der Waals surface area contributed by atoms with Crippen LogP contribution in [0, 0.1) is 13.8 Å². The zero-order valence-corrected chi connectivity index (χ0v) is 20.2. The van der Waals surface area contributed by atoms with Crippen LogP contribution in [0.1, 0.15) is 29.5 Å². The van der Waals surface area contributed by atoms with E-state index in [9.17, 15) is 5.11 Å². The Morgan fingerprint density at radius 1 is 0.941 bits per heavy atom. The Morgan fingerprint density at radius 2 is 1.68 bits per heavy atom. The fourth-order valence-corrected chi connectivity index (χ4v) is 4.23. The van der Waals surface area contributed by atoms with Crippen LogP contribution in [-0.2, 0) is 13.1 Å². The first-order valence-electron chi connectivity index (χ1n) is 11.7. The summed E-state index contributed by atoms with van der Waals surface area (Å²) in [6.07, 6.45) is 4.69. The van der Waals surface area contributed by atoms with Crippen molar-refractivity contribution in [1.82, 2.24) is 19.7 Å². The topological polar surface area (TPSA) is 81.9 Å². The van der Waals surface area contributed by atoms with Gasteiger partial charge >= 0.3 is 0 Å². The fraction of sp³-hybridized carbons (Fsp3) is 0.462. The molecule has 34 heavy (non-hydrogen) atoms. The summed E-state index contributed by atoms with van der Waals surface area (Å²) in [5.74, 6) is 2.28. The average Bonchev–Trinajstić information content (AvgIpc) is 3.34. The quantitative estimate of drug-likeness (QED) is 0.490. The van der Waals surface area contributed by atoms with E-state index >= 15 is 0 Å². The molecule has 1 N–H and O–H groups in total. The number of aliphatic hydroxyl groups is 1. The van der Waals surface area contributed by atoms with Crippen LogP contribution >= 0.6 is 0 Å². The van der Waals surface area contributed by atoms with Gasteiger partial charge < -0.3 is 23.9 Å². The van der Waals surface area contributed by atoms with Crippen LogP contribution in [0.4, 0.5) is 0 Å². The Labute approximate surface area is 201 Å². The molecule has 1 saturated heterocycles. The van der Waals surface area contributed by atoms with E-state index in [1.165, 1.54) is 5.56 Å². The summed E-state index contributed by atoms with van der Waals surface area (Å²) < 4.78 is 19.3. The molecule has 2 aromatic carbocycles. The lowest BCUT2D eigenvalue weighted by Crippen LogP contribution is -2.47. The zero-order valence-electron chi connectivity index (χ0n) is 20.2. The monoisotopic (exact) mass is 466 g/mol. The van der Waals surface area contributed by atoms with Gasteiger partial charge in [0.25, 0.3) is 0 Å². The first kappa shape index (κ1) is 24.0. The van der Waals surface area contributed by atoms with Gasteiger partial charge in [0.15, 0.2) is 11.5 Å². The molecule has 4 rings (SSSR count). The normalized spacial score (nSPS) is 15.8. The number of ether oxygens (including phenoxy) is 3. The van der Waals surface area contributed by atoms with E-state index in [2.05, 4.69) is 34.2 Å². The van der Waals surface area contributed by atoms with E-state index < -0.39 is 5.60 Å². The molecule has 3 aromatic rings. The van der Waals surface area contributed by atoms with Crippen molar-refractivity contribution in [3.8, 4) is 17.2 Å². The van der Waals surface area contributed by atoms with E-state index in [1.54, 1.807) is 19.8 Å². The number of piperidine rings is 1. The Morgan fingerprint density at radius 3 is 2.38 bits per heavy atom. The van der Waals surface area contributed by atoms with Crippen LogP contribution in [0.3, 0.4) is 0 Å². The number of benzene rings is 2. The highest BCUT2D eigenvalue weighted by molar-refractivity contribution is 5.43. The second-order valence-corrected chi connectivity index (χ2v) is 9.09. The minimum absolute atomic E-state index is 0.319. The van der Waals surface area contributed by atoms with Crippen LogP contribution in [0.15, 0.2) is 49.1 Å². The van der Waals surface area contributed by atoms with Gasteiger partial charge in [-0.3, -0.25) is 4.90 Å². The first-order chi connectivity index (χ1) is 16.4. The maximum Gasteiger partial charge on any atom is 0.161 e. The van der Waals surface area contributed by atoms with Crippen molar-refractivity contribution in [3.05, 3.63) is 65.7 Å². The summed E-state index contributed by atoms with van der Waals surface area (Å²) in [5, 5.41) is 18.6. The van der Waals surface area contributed by atoms with Gasteiger partial charge in [-0.2, -0.15) is 0 Å². The van der Waals surface area contributed by atoms with Crippen molar-refractivity contribution in [1.29, 1.82) is 0 Å². The van der Waals surface area contributed by atoms with Gasteiger partial charge in [-0.15, -0.1) is 10.2 Å². The molecule has 0 saturated carbocycles. The number of rotatable bonds is 10. The predicted octanol–water partition coefficient (Wildman–Crippen LogP) is 3.39. The molecule has 1 aliphatic heterocycles. The number of nitrogens with zero attached hydrogens (tertiary/aromatic N) is 4. The third-order valence-electron chi connectivity index (χ3n) is 6.32. The minimum Gasteiger partial charge on any atom is -0.493 e.